The second kappa shape index (κ2) is 7.92. The van der Waals surface area contributed by atoms with E-state index in [0.717, 1.165) is 25.7 Å². The van der Waals surface area contributed by atoms with Crippen molar-refractivity contribution in [2.45, 2.75) is 51.5 Å². The quantitative estimate of drug-likeness (QED) is 0.849. The molecular weight excluding hydrogens is 280 g/mol. The Balaban J connectivity index is 2.19. The first kappa shape index (κ1) is 16.5. The fourth-order valence-electron chi connectivity index (χ4n) is 3.00. The molecule has 0 spiro atoms. The van der Waals surface area contributed by atoms with E-state index >= 15 is 0 Å². The number of carboxylic acids is 1. The first-order valence-electron chi connectivity index (χ1n) is 8.03. The van der Waals surface area contributed by atoms with Crippen LogP contribution in [0.4, 0.5) is 0 Å². The Kier molecular flexibility index (Phi) is 5.92. The summed E-state index contributed by atoms with van der Waals surface area (Å²) in [6, 6.07) is 3.61. The highest BCUT2D eigenvalue weighted by Crippen LogP contribution is 2.24. The van der Waals surface area contributed by atoms with Gasteiger partial charge in [-0.2, -0.15) is 0 Å². The molecule has 1 aliphatic rings. The van der Waals surface area contributed by atoms with Crippen molar-refractivity contribution in [3.8, 4) is 0 Å². The van der Waals surface area contributed by atoms with Crippen molar-refractivity contribution in [1.82, 2.24) is 9.88 Å². The van der Waals surface area contributed by atoms with E-state index in [1.54, 1.807) is 36.4 Å². The van der Waals surface area contributed by atoms with Crippen LogP contribution in [0.1, 0.15) is 55.8 Å². The van der Waals surface area contributed by atoms with Crippen LogP contribution in [-0.2, 0) is 4.79 Å². The summed E-state index contributed by atoms with van der Waals surface area (Å²) in [4.78, 5) is 29.8. The normalized spacial score (nSPS) is 17.5. The van der Waals surface area contributed by atoms with Crippen molar-refractivity contribution >= 4 is 11.9 Å². The smallest absolute Gasteiger partial charge is 0.308 e. The molecule has 1 heterocycles. The van der Waals surface area contributed by atoms with Crippen LogP contribution in [0.25, 0.3) is 0 Å². The molecule has 1 N–H and O–H groups in total. The minimum Gasteiger partial charge on any atom is -0.481 e. The molecule has 1 unspecified atom stereocenters. The molecule has 1 amide bonds. The number of nitrogens with zero attached hydrogens (tertiary/aromatic N) is 2. The molecule has 0 aromatic carbocycles. The van der Waals surface area contributed by atoms with Gasteiger partial charge in [0, 0.05) is 25.0 Å². The van der Waals surface area contributed by atoms with Gasteiger partial charge in [-0.05, 0) is 25.0 Å². The van der Waals surface area contributed by atoms with Crippen molar-refractivity contribution in [2.24, 2.45) is 5.92 Å². The average molecular weight is 304 g/mol. The number of amides is 1. The van der Waals surface area contributed by atoms with Gasteiger partial charge >= 0.3 is 5.97 Å². The maximum atomic E-state index is 12.8. The summed E-state index contributed by atoms with van der Waals surface area (Å²) >= 11 is 0. The fraction of sp³-hybridized carbons (Fsp3) is 0.588. The van der Waals surface area contributed by atoms with E-state index in [4.69, 9.17) is 0 Å². The van der Waals surface area contributed by atoms with Crippen LogP contribution in [-0.4, -0.2) is 39.5 Å². The fourth-order valence-corrected chi connectivity index (χ4v) is 3.00. The zero-order valence-corrected chi connectivity index (χ0v) is 13.1. The largest absolute Gasteiger partial charge is 0.481 e. The highest BCUT2D eigenvalue weighted by atomic mass is 16.4. The van der Waals surface area contributed by atoms with Crippen molar-refractivity contribution in [2.75, 3.05) is 6.54 Å². The lowest BCUT2D eigenvalue weighted by Gasteiger charge is -2.32. The molecule has 0 radical (unpaired) electrons. The zero-order valence-electron chi connectivity index (χ0n) is 13.1. The molecule has 0 aliphatic heterocycles. The molecule has 5 heteroatoms. The maximum Gasteiger partial charge on any atom is 0.308 e. The van der Waals surface area contributed by atoms with Crippen molar-refractivity contribution in [1.29, 1.82) is 0 Å². The van der Waals surface area contributed by atoms with Gasteiger partial charge in [0.25, 0.3) is 5.91 Å². The summed E-state index contributed by atoms with van der Waals surface area (Å²) in [5.41, 5.74) is 0.532. The third kappa shape index (κ3) is 4.29. The van der Waals surface area contributed by atoms with Gasteiger partial charge in [-0.3, -0.25) is 14.6 Å². The van der Waals surface area contributed by atoms with Gasteiger partial charge in [0.15, 0.2) is 0 Å². The number of aromatic nitrogens is 1. The first-order valence-corrected chi connectivity index (χ1v) is 8.03. The lowest BCUT2D eigenvalue weighted by Crippen LogP contribution is -2.44. The number of hydrogen-bond donors (Lipinski definition) is 1. The van der Waals surface area contributed by atoms with Crippen LogP contribution in [0, 0.1) is 5.92 Å². The minimum atomic E-state index is -0.863. The Morgan fingerprint density at radius 2 is 2.00 bits per heavy atom. The van der Waals surface area contributed by atoms with Crippen LogP contribution in [0.3, 0.4) is 0 Å². The monoisotopic (exact) mass is 304 g/mol. The molecule has 1 aromatic heterocycles. The first-order chi connectivity index (χ1) is 10.6. The van der Waals surface area contributed by atoms with Crippen molar-refractivity contribution < 1.29 is 14.7 Å². The molecular formula is C17H24N2O3. The number of carbonyl (C=O) groups is 2. The van der Waals surface area contributed by atoms with Gasteiger partial charge < -0.3 is 10.0 Å². The standard InChI is InChI=1S/C17H24N2O3/c1-13(17(21)22)12-19(15-8-4-2-3-5-9-15)16(20)14-7-6-10-18-11-14/h6-7,10-11,13,15H,2-5,8-9,12H2,1H3,(H,21,22). The van der Waals surface area contributed by atoms with E-state index in [1.807, 2.05) is 0 Å². The SMILES string of the molecule is CC(CN(C(=O)c1cccnc1)C1CCCCCC1)C(=O)O. The molecule has 2 rings (SSSR count). The summed E-state index contributed by atoms with van der Waals surface area (Å²) in [5.74, 6) is -1.53. The number of aliphatic carboxylic acids is 1. The summed E-state index contributed by atoms with van der Waals surface area (Å²) < 4.78 is 0. The summed E-state index contributed by atoms with van der Waals surface area (Å²) in [5, 5.41) is 9.19. The van der Waals surface area contributed by atoms with Crippen LogP contribution < -0.4 is 0 Å². The van der Waals surface area contributed by atoms with Gasteiger partial charge in [-0.25, -0.2) is 0 Å². The predicted octanol–water partition coefficient (Wildman–Crippen LogP) is 2.97. The van der Waals surface area contributed by atoms with Gasteiger partial charge in [-0.1, -0.05) is 32.6 Å². The summed E-state index contributed by atoms with van der Waals surface area (Å²) in [6.45, 7) is 1.91. The Hall–Kier alpha value is -1.91. The Morgan fingerprint density at radius 3 is 2.55 bits per heavy atom. The van der Waals surface area contributed by atoms with E-state index in [0.29, 0.717) is 5.56 Å². The molecule has 0 bridgehead atoms. The van der Waals surface area contributed by atoms with E-state index in [9.17, 15) is 14.7 Å². The number of pyridine rings is 1. The third-order valence-corrected chi connectivity index (χ3v) is 4.33. The van der Waals surface area contributed by atoms with Crippen LogP contribution >= 0.6 is 0 Å². The molecule has 1 atom stereocenters. The molecule has 1 aromatic rings. The minimum absolute atomic E-state index is 0.104. The van der Waals surface area contributed by atoms with Gasteiger partial charge in [0.1, 0.15) is 0 Å². The molecule has 1 aliphatic carbocycles. The summed E-state index contributed by atoms with van der Waals surface area (Å²) in [6.07, 6.45) is 9.69. The highest BCUT2D eigenvalue weighted by Gasteiger charge is 2.28. The van der Waals surface area contributed by atoms with Gasteiger partial charge in [0.2, 0.25) is 0 Å². The predicted molar refractivity (Wildman–Crippen MR) is 83.6 cm³/mol. The second-order valence-corrected chi connectivity index (χ2v) is 6.08. The van der Waals surface area contributed by atoms with Crippen LogP contribution in [0.5, 0.6) is 0 Å². The van der Waals surface area contributed by atoms with Crippen LogP contribution in [0.15, 0.2) is 24.5 Å². The van der Waals surface area contributed by atoms with E-state index < -0.39 is 11.9 Å². The zero-order chi connectivity index (χ0) is 15.9. The second-order valence-electron chi connectivity index (χ2n) is 6.08. The highest BCUT2D eigenvalue weighted by molar-refractivity contribution is 5.94. The summed E-state index contributed by atoms with van der Waals surface area (Å²) in [7, 11) is 0. The molecule has 1 saturated carbocycles. The lowest BCUT2D eigenvalue weighted by atomic mass is 10.0. The average Bonchev–Trinajstić information content (AvgIpc) is 2.81. The van der Waals surface area contributed by atoms with Crippen molar-refractivity contribution in [3.63, 3.8) is 0 Å². The third-order valence-electron chi connectivity index (χ3n) is 4.33. The Bertz CT molecular complexity index is 496. The Morgan fingerprint density at radius 1 is 1.32 bits per heavy atom. The number of rotatable bonds is 5. The topological polar surface area (TPSA) is 70.5 Å². The molecule has 0 saturated heterocycles. The van der Waals surface area contributed by atoms with E-state index in [1.165, 1.54) is 12.8 Å². The number of carboxylic acid groups (broad SMARTS) is 1. The molecule has 5 nitrogen and oxygen atoms in total. The number of hydrogen-bond acceptors (Lipinski definition) is 3. The van der Waals surface area contributed by atoms with E-state index in [-0.39, 0.29) is 18.5 Å². The Labute approximate surface area is 131 Å². The molecule has 22 heavy (non-hydrogen) atoms. The lowest BCUT2D eigenvalue weighted by molar-refractivity contribution is -0.141. The number of carbonyl (C=O) groups excluding carboxylic acids is 1. The van der Waals surface area contributed by atoms with Gasteiger partial charge in [0.05, 0.1) is 11.5 Å². The molecule has 120 valence electrons. The van der Waals surface area contributed by atoms with Gasteiger partial charge in [-0.15, -0.1) is 0 Å². The maximum absolute atomic E-state index is 12.8. The molecule has 1 fully saturated rings. The van der Waals surface area contributed by atoms with E-state index in [2.05, 4.69) is 4.98 Å². The van der Waals surface area contributed by atoms with Crippen molar-refractivity contribution in [3.05, 3.63) is 30.1 Å². The van der Waals surface area contributed by atoms with Crippen LogP contribution in [0.2, 0.25) is 0 Å².